The van der Waals surface area contributed by atoms with Crippen molar-refractivity contribution >= 4 is 18.3 Å². The van der Waals surface area contributed by atoms with Gasteiger partial charge in [-0.05, 0) is 19.3 Å². The van der Waals surface area contributed by atoms with Gasteiger partial charge in [0.05, 0.1) is 6.04 Å². The number of hydrogen-bond donors (Lipinski definition) is 3. The topological polar surface area (TPSA) is 81.1 Å². The van der Waals surface area contributed by atoms with Crippen LogP contribution in [0.15, 0.2) is 0 Å². The molecule has 1 rings (SSSR count). The normalized spacial score (nSPS) is 27.7. The number of nitrogens with one attached hydrogen (secondary N) is 1. The number of carbonyl (C=O) groups excluding carboxylic acids is 1. The predicted octanol–water partition coefficient (Wildman–Crippen LogP) is 0.532. The van der Waals surface area contributed by atoms with Gasteiger partial charge < -0.3 is 16.8 Å². The summed E-state index contributed by atoms with van der Waals surface area (Å²) in [7, 11) is 0. The van der Waals surface area contributed by atoms with Gasteiger partial charge in [0.15, 0.2) is 0 Å². The third-order valence-corrected chi connectivity index (χ3v) is 2.92. The van der Waals surface area contributed by atoms with Gasteiger partial charge >= 0.3 is 0 Å². The van der Waals surface area contributed by atoms with Crippen LogP contribution in [0.5, 0.6) is 0 Å². The first-order valence-electron chi connectivity index (χ1n) is 5.46. The lowest BCUT2D eigenvalue weighted by Gasteiger charge is -2.30. The molecule has 1 fully saturated rings. The van der Waals surface area contributed by atoms with Crippen LogP contribution in [0.25, 0.3) is 0 Å². The van der Waals surface area contributed by atoms with E-state index in [9.17, 15) is 4.79 Å². The molecule has 90 valence electrons. The second-order valence-electron chi connectivity index (χ2n) is 4.08. The summed E-state index contributed by atoms with van der Waals surface area (Å²) in [5, 5.41) is 2.93. The minimum atomic E-state index is -0.385. The number of hydrogen-bond acceptors (Lipinski definition) is 3. The van der Waals surface area contributed by atoms with Crippen molar-refractivity contribution in [2.24, 2.45) is 11.5 Å². The van der Waals surface area contributed by atoms with Crippen LogP contribution in [-0.4, -0.2) is 24.0 Å². The first kappa shape index (κ1) is 14.7. The van der Waals surface area contributed by atoms with Crippen molar-refractivity contribution < 1.29 is 4.79 Å². The van der Waals surface area contributed by atoms with Gasteiger partial charge in [0.1, 0.15) is 0 Å². The minimum absolute atomic E-state index is 0. The van der Waals surface area contributed by atoms with E-state index in [2.05, 4.69) is 5.32 Å². The van der Waals surface area contributed by atoms with Crippen LogP contribution < -0.4 is 16.8 Å². The lowest BCUT2D eigenvalue weighted by Crippen LogP contribution is -2.53. The number of halogens is 1. The van der Waals surface area contributed by atoms with Crippen LogP contribution in [-0.2, 0) is 4.79 Å². The van der Waals surface area contributed by atoms with E-state index in [1.165, 1.54) is 6.42 Å². The van der Waals surface area contributed by atoms with E-state index < -0.39 is 0 Å². The SMILES string of the molecule is CC[C@@H](N)C(=O)N[C@@H]1CCCC[C@H]1N.Cl. The molecule has 15 heavy (non-hydrogen) atoms. The van der Waals surface area contributed by atoms with Crippen LogP contribution in [0, 0.1) is 0 Å². The maximum absolute atomic E-state index is 11.5. The summed E-state index contributed by atoms with van der Waals surface area (Å²) < 4.78 is 0. The standard InChI is InChI=1S/C10H21N3O.ClH/c1-2-7(11)10(14)13-9-6-4-3-5-8(9)12;/h7-9H,2-6,11-12H2,1H3,(H,13,14);1H/t7-,8-,9-;/m1./s1. The molecule has 0 radical (unpaired) electrons. The van der Waals surface area contributed by atoms with Crippen molar-refractivity contribution in [1.82, 2.24) is 5.32 Å². The van der Waals surface area contributed by atoms with Gasteiger partial charge in [0, 0.05) is 12.1 Å². The van der Waals surface area contributed by atoms with Crippen molar-refractivity contribution in [3.63, 3.8) is 0 Å². The van der Waals surface area contributed by atoms with Crippen molar-refractivity contribution in [3.05, 3.63) is 0 Å². The minimum Gasteiger partial charge on any atom is -0.350 e. The van der Waals surface area contributed by atoms with Gasteiger partial charge in [-0.15, -0.1) is 12.4 Å². The highest BCUT2D eigenvalue weighted by atomic mass is 35.5. The van der Waals surface area contributed by atoms with Crippen LogP contribution in [0.4, 0.5) is 0 Å². The monoisotopic (exact) mass is 235 g/mol. The Bertz CT molecular complexity index is 201. The van der Waals surface area contributed by atoms with Crippen LogP contribution in [0.3, 0.4) is 0 Å². The van der Waals surface area contributed by atoms with E-state index in [4.69, 9.17) is 11.5 Å². The van der Waals surface area contributed by atoms with Gasteiger partial charge in [-0.2, -0.15) is 0 Å². The maximum Gasteiger partial charge on any atom is 0.237 e. The molecule has 5 N–H and O–H groups in total. The van der Waals surface area contributed by atoms with E-state index >= 15 is 0 Å². The summed E-state index contributed by atoms with van der Waals surface area (Å²) in [6, 6.07) is -0.144. The second-order valence-corrected chi connectivity index (χ2v) is 4.08. The number of carbonyl (C=O) groups is 1. The van der Waals surface area contributed by atoms with Crippen LogP contribution in [0.2, 0.25) is 0 Å². The fraction of sp³-hybridized carbons (Fsp3) is 0.900. The Hall–Kier alpha value is -0.320. The largest absolute Gasteiger partial charge is 0.350 e. The average molecular weight is 236 g/mol. The Labute approximate surface area is 97.6 Å². The Morgan fingerprint density at radius 3 is 2.60 bits per heavy atom. The van der Waals surface area contributed by atoms with E-state index in [0.717, 1.165) is 19.3 Å². The summed E-state index contributed by atoms with van der Waals surface area (Å²) in [5.74, 6) is -0.0603. The molecule has 0 spiro atoms. The molecule has 0 aliphatic heterocycles. The molecule has 1 amide bonds. The molecule has 1 aliphatic carbocycles. The zero-order valence-electron chi connectivity index (χ0n) is 9.24. The van der Waals surface area contributed by atoms with E-state index in [1.807, 2.05) is 6.92 Å². The molecule has 0 heterocycles. The Kier molecular flexibility index (Phi) is 6.89. The smallest absolute Gasteiger partial charge is 0.237 e. The molecule has 0 aromatic rings. The molecule has 1 aliphatic rings. The first-order valence-corrected chi connectivity index (χ1v) is 5.46. The highest BCUT2D eigenvalue weighted by molar-refractivity contribution is 5.85. The zero-order valence-corrected chi connectivity index (χ0v) is 10.1. The van der Waals surface area contributed by atoms with Gasteiger partial charge in [-0.3, -0.25) is 4.79 Å². The van der Waals surface area contributed by atoms with Crippen LogP contribution >= 0.6 is 12.4 Å². The lowest BCUT2D eigenvalue weighted by atomic mass is 9.91. The molecular weight excluding hydrogens is 214 g/mol. The van der Waals surface area contributed by atoms with E-state index in [1.54, 1.807) is 0 Å². The molecule has 5 heteroatoms. The molecule has 0 bridgehead atoms. The predicted molar refractivity (Wildman–Crippen MR) is 63.9 cm³/mol. The molecule has 0 saturated heterocycles. The average Bonchev–Trinajstić information content (AvgIpc) is 2.20. The summed E-state index contributed by atoms with van der Waals surface area (Å²) in [6.07, 6.45) is 5.00. The van der Waals surface area contributed by atoms with E-state index in [0.29, 0.717) is 6.42 Å². The number of nitrogens with two attached hydrogens (primary N) is 2. The number of amides is 1. The summed E-state index contributed by atoms with van der Waals surface area (Å²) in [5.41, 5.74) is 11.5. The maximum atomic E-state index is 11.5. The Morgan fingerprint density at radius 1 is 1.47 bits per heavy atom. The van der Waals surface area contributed by atoms with Gasteiger partial charge in [-0.25, -0.2) is 0 Å². The van der Waals surface area contributed by atoms with Crippen molar-refractivity contribution in [2.45, 2.75) is 57.2 Å². The molecule has 0 aromatic carbocycles. The summed E-state index contributed by atoms with van der Waals surface area (Å²) in [4.78, 5) is 11.5. The molecule has 4 nitrogen and oxygen atoms in total. The fourth-order valence-electron chi connectivity index (χ4n) is 1.81. The van der Waals surface area contributed by atoms with Gasteiger partial charge in [-0.1, -0.05) is 19.8 Å². The molecule has 3 atom stereocenters. The highest BCUT2D eigenvalue weighted by Gasteiger charge is 2.24. The highest BCUT2D eigenvalue weighted by Crippen LogP contribution is 2.16. The van der Waals surface area contributed by atoms with Crippen LogP contribution in [0.1, 0.15) is 39.0 Å². The van der Waals surface area contributed by atoms with E-state index in [-0.39, 0.29) is 36.4 Å². The molecule has 0 aromatic heterocycles. The van der Waals surface area contributed by atoms with Crippen molar-refractivity contribution in [3.8, 4) is 0 Å². The quantitative estimate of drug-likeness (QED) is 0.668. The third kappa shape index (κ3) is 4.36. The second kappa shape index (κ2) is 7.04. The van der Waals surface area contributed by atoms with Gasteiger partial charge in [0.25, 0.3) is 0 Å². The van der Waals surface area contributed by atoms with Crippen molar-refractivity contribution in [2.75, 3.05) is 0 Å². The zero-order chi connectivity index (χ0) is 10.6. The molecule has 1 saturated carbocycles. The first-order chi connectivity index (χ1) is 6.65. The summed E-state index contributed by atoms with van der Waals surface area (Å²) in [6.45, 7) is 1.91. The lowest BCUT2D eigenvalue weighted by molar-refractivity contribution is -0.123. The Morgan fingerprint density at radius 2 is 2.07 bits per heavy atom. The fourth-order valence-corrected chi connectivity index (χ4v) is 1.81. The third-order valence-electron chi connectivity index (χ3n) is 2.92. The Balaban J connectivity index is 0.00000196. The summed E-state index contributed by atoms with van der Waals surface area (Å²) >= 11 is 0. The molecular formula is C10H22ClN3O. The van der Waals surface area contributed by atoms with Gasteiger partial charge in [0.2, 0.25) is 5.91 Å². The number of rotatable bonds is 3. The van der Waals surface area contributed by atoms with Crippen molar-refractivity contribution in [1.29, 1.82) is 0 Å². The molecule has 0 unspecified atom stereocenters.